The van der Waals surface area contributed by atoms with Crippen LogP contribution in [0.2, 0.25) is 0 Å². The summed E-state index contributed by atoms with van der Waals surface area (Å²) >= 11 is 0. The van der Waals surface area contributed by atoms with Crippen molar-refractivity contribution in [3.8, 4) is 0 Å². The molecule has 0 spiro atoms. The van der Waals surface area contributed by atoms with Crippen LogP contribution in [0.1, 0.15) is 25.3 Å². The lowest BCUT2D eigenvalue weighted by Crippen LogP contribution is -2.39. The Labute approximate surface area is 115 Å². The van der Waals surface area contributed by atoms with Gasteiger partial charge in [0.15, 0.2) is 0 Å². The Hall–Kier alpha value is -1.51. The molecule has 2 aliphatic heterocycles. The molecular formula is C16H23N3. The van der Waals surface area contributed by atoms with Crippen LogP contribution in [0.5, 0.6) is 0 Å². The second-order valence-corrected chi connectivity index (χ2v) is 5.84. The molecule has 3 rings (SSSR count). The first-order valence-corrected chi connectivity index (χ1v) is 7.35. The van der Waals surface area contributed by atoms with E-state index in [0.29, 0.717) is 0 Å². The highest BCUT2D eigenvalue weighted by Gasteiger charge is 2.24. The summed E-state index contributed by atoms with van der Waals surface area (Å²) in [5.74, 6) is 2.00. The van der Waals surface area contributed by atoms with Crippen molar-refractivity contribution in [2.75, 3.05) is 38.1 Å². The van der Waals surface area contributed by atoms with Crippen molar-refractivity contribution in [2.45, 2.75) is 19.8 Å². The summed E-state index contributed by atoms with van der Waals surface area (Å²) in [5, 5.41) is 0. The molecule has 3 heteroatoms. The Bertz CT molecular complexity index is 481. The highest BCUT2D eigenvalue weighted by molar-refractivity contribution is 6.04. The Morgan fingerprint density at radius 2 is 2.05 bits per heavy atom. The topological polar surface area (TPSA) is 18.8 Å². The summed E-state index contributed by atoms with van der Waals surface area (Å²) in [6, 6.07) is 8.68. The smallest absolute Gasteiger partial charge is 0.133 e. The molecule has 1 unspecified atom stereocenters. The molecule has 2 heterocycles. The molecule has 1 aromatic rings. The van der Waals surface area contributed by atoms with Gasteiger partial charge in [0.2, 0.25) is 0 Å². The van der Waals surface area contributed by atoms with E-state index in [4.69, 9.17) is 4.99 Å². The lowest BCUT2D eigenvalue weighted by molar-refractivity contribution is 0.273. The molecule has 1 fully saturated rings. The zero-order chi connectivity index (χ0) is 13.2. The summed E-state index contributed by atoms with van der Waals surface area (Å²) in [6.45, 7) is 6.55. The fourth-order valence-corrected chi connectivity index (χ4v) is 3.16. The van der Waals surface area contributed by atoms with Gasteiger partial charge in [0.1, 0.15) is 5.84 Å². The van der Waals surface area contributed by atoms with Crippen LogP contribution in [0.3, 0.4) is 0 Å². The van der Waals surface area contributed by atoms with Crippen LogP contribution in [0.4, 0.5) is 5.69 Å². The lowest BCUT2D eigenvalue weighted by Gasteiger charge is -2.34. The average Bonchev–Trinajstić information content (AvgIpc) is 2.59. The highest BCUT2D eigenvalue weighted by atomic mass is 15.2. The molecule has 1 atom stereocenters. The van der Waals surface area contributed by atoms with E-state index in [0.717, 1.165) is 32.1 Å². The number of fused-ring (bicyclic) bond motifs is 1. The van der Waals surface area contributed by atoms with Crippen LogP contribution in [0.25, 0.3) is 0 Å². The van der Waals surface area contributed by atoms with E-state index in [1.54, 1.807) is 0 Å². The maximum atomic E-state index is 4.87. The standard InChI is InChI=1S/C16H23N3/c1-13-6-5-10-19(12-13)16-14-7-3-4-8-15(14)18(2)11-9-17-16/h3-4,7-8,13H,5-6,9-12H2,1-2H3. The van der Waals surface area contributed by atoms with Crippen molar-refractivity contribution in [2.24, 2.45) is 10.9 Å². The second kappa shape index (κ2) is 5.24. The lowest BCUT2D eigenvalue weighted by atomic mass is 9.99. The largest absolute Gasteiger partial charge is 0.372 e. The van der Waals surface area contributed by atoms with Crippen molar-refractivity contribution < 1.29 is 0 Å². The van der Waals surface area contributed by atoms with Crippen LogP contribution in [0, 0.1) is 5.92 Å². The van der Waals surface area contributed by atoms with E-state index in [9.17, 15) is 0 Å². The predicted molar refractivity (Wildman–Crippen MR) is 81.1 cm³/mol. The minimum atomic E-state index is 0.782. The third kappa shape index (κ3) is 2.46. The minimum Gasteiger partial charge on any atom is -0.372 e. The van der Waals surface area contributed by atoms with Crippen LogP contribution in [-0.4, -0.2) is 44.0 Å². The molecule has 102 valence electrons. The molecule has 0 aromatic heterocycles. The van der Waals surface area contributed by atoms with Gasteiger partial charge in [-0.05, 0) is 30.9 Å². The fraction of sp³-hybridized carbons (Fsp3) is 0.562. The molecule has 1 saturated heterocycles. The molecular weight excluding hydrogens is 234 g/mol. The summed E-state index contributed by atoms with van der Waals surface area (Å²) in [6.07, 6.45) is 2.64. The number of rotatable bonds is 0. The van der Waals surface area contributed by atoms with Gasteiger partial charge in [-0.15, -0.1) is 0 Å². The number of piperidine rings is 1. The fourth-order valence-electron chi connectivity index (χ4n) is 3.16. The predicted octanol–water partition coefficient (Wildman–Crippen LogP) is 2.61. The maximum Gasteiger partial charge on any atom is 0.133 e. The van der Waals surface area contributed by atoms with E-state index >= 15 is 0 Å². The van der Waals surface area contributed by atoms with Crippen LogP contribution in [0.15, 0.2) is 29.3 Å². The molecule has 0 aliphatic carbocycles. The minimum absolute atomic E-state index is 0.782. The third-order valence-electron chi connectivity index (χ3n) is 4.21. The first kappa shape index (κ1) is 12.5. The summed E-state index contributed by atoms with van der Waals surface area (Å²) in [4.78, 5) is 9.68. The average molecular weight is 257 g/mol. The van der Waals surface area contributed by atoms with Crippen LogP contribution in [-0.2, 0) is 0 Å². The zero-order valence-electron chi connectivity index (χ0n) is 12.0. The number of hydrogen-bond donors (Lipinski definition) is 0. The van der Waals surface area contributed by atoms with E-state index in [-0.39, 0.29) is 0 Å². The number of hydrogen-bond acceptors (Lipinski definition) is 3. The number of benzene rings is 1. The normalized spacial score (nSPS) is 23.7. The Morgan fingerprint density at radius 3 is 2.89 bits per heavy atom. The van der Waals surface area contributed by atoms with Gasteiger partial charge in [0.25, 0.3) is 0 Å². The van der Waals surface area contributed by atoms with Crippen LogP contribution < -0.4 is 4.90 Å². The van der Waals surface area contributed by atoms with Gasteiger partial charge in [0.05, 0.1) is 6.54 Å². The Kier molecular flexibility index (Phi) is 3.45. The van der Waals surface area contributed by atoms with E-state index in [1.807, 2.05) is 0 Å². The third-order valence-corrected chi connectivity index (χ3v) is 4.21. The molecule has 2 aliphatic rings. The van der Waals surface area contributed by atoms with Crippen molar-refractivity contribution in [1.29, 1.82) is 0 Å². The molecule has 1 aromatic carbocycles. The summed E-state index contributed by atoms with van der Waals surface area (Å²) in [7, 11) is 2.16. The number of likely N-dealkylation sites (tertiary alicyclic amines) is 1. The van der Waals surface area contributed by atoms with E-state index < -0.39 is 0 Å². The molecule has 0 bridgehead atoms. The quantitative estimate of drug-likeness (QED) is 0.711. The molecule has 3 nitrogen and oxygen atoms in total. The van der Waals surface area contributed by atoms with Crippen molar-refractivity contribution in [3.05, 3.63) is 29.8 Å². The number of benzodiazepines with no additional fused rings is 1. The Balaban J connectivity index is 1.96. The summed E-state index contributed by atoms with van der Waals surface area (Å²) < 4.78 is 0. The maximum absolute atomic E-state index is 4.87. The summed E-state index contributed by atoms with van der Waals surface area (Å²) in [5.41, 5.74) is 2.62. The van der Waals surface area contributed by atoms with E-state index in [2.05, 4.69) is 48.0 Å². The molecule has 0 N–H and O–H groups in total. The SMILES string of the molecule is CC1CCCN(C2=NCCN(C)c3ccccc32)C1. The van der Waals surface area contributed by atoms with Gasteiger partial charge in [-0.3, -0.25) is 4.99 Å². The molecule has 0 amide bonds. The van der Waals surface area contributed by atoms with Crippen molar-refractivity contribution >= 4 is 11.5 Å². The zero-order valence-corrected chi connectivity index (χ0v) is 12.0. The van der Waals surface area contributed by atoms with Crippen molar-refractivity contribution in [3.63, 3.8) is 0 Å². The highest BCUT2D eigenvalue weighted by Crippen LogP contribution is 2.26. The number of para-hydroxylation sites is 1. The van der Waals surface area contributed by atoms with Gasteiger partial charge >= 0.3 is 0 Å². The van der Waals surface area contributed by atoms with Gasteiger partial charge in [-0.25, -0.2) is 0 Å². The first-order valence-electron chi connectivity index (χ1n) is 7.35. The molecule has 19 heavy (non-hydrogen) atoms. The first-order chi connectivity index (χ1) is 9.25. The van der Waals surface area contributed by atoms with Gasteiger partial charge in [-0.1, -0.05) is 19.1 Å². The van der Waals surface area contributed by atoms with Gasteiger partial charge < -0.3 is 9.80 Å². The van der Waals surface area contributed by atoms with Gasteiger partial charge in [-0.2, -0.15) is 0 Å². The molecule has 0 radical (unpaired) electrons. The number of nitrogens with zero attached hydrogens (tertiary/aromatic N) is 3. The number of amidine groups is 1. The second-order valence-electron chi connectivity index (χ2n) is 5.84. The van der Waals surface area contributed by atoms with Gasteiger partial charge in [0, 0.05) is 37.9 Å². The van der Waals surface area contributed by atoms with Crippen LogP contribution >= 0.6 is 0 Å². The number of likely N-dealkylation sites (N-methyl/N-ethyl adjacent to an activating group) is 1. The molecule has 0 saturated carbocycles. The van der Waals surface area contributed by atoms with E-state index in [1.165, 1.54) is 29.9 Å². The Morgan fingerprint density at radius 1 is 1.21 bits per heavy atom. The monoisotopic (exact) mass is 257 g/mol. The number of anilines is 1. The number of aliphatic imine (C=N–C) groups is 1. The van der Waals surface area contributed by atoms with Crippen molar-refractivity contribution in [1.82, 2.24) is 4.90 Å².